The van der Waals surface area contributed by atoms with E-state index in [4.69, 9.17) is 0 Å². The van der Waals surface area contributed by atoms with Crippen LogP contribution in [0.2, 0.25) is 0 Å². The summed E-state index contributed by atoms with van der Waals surface area (Å²) in [7, 11) is 0. The number of rotatable bonds is 5. The van der Waals surface area contributed by atoms with Crippen LogP contribution in [0.25, 0.3) is 0 Å². The fourth-order valence-electron chi connectivity index (χ4n) is 2.34. The van der Waals surface area contributed by atoms with Gasteiger partial charge in [0.25, 0.3) is 5.69 Å². The highest BCUT2D eigenvalue weighted by Gasteiger charge is 2.16. The van der Waals surface area contributed by atoms with Crippen LogP contribution in [0.3, 0.4) is 0 Å². The molecule has 0 N–H and O–H groups in total. The smallest absolute Gasteiger partial charge is 0.273 e. The van der Waals surface area contributed by atoms with Gasteiger partial charge in [0.1, 0.15) is 0 Å². The predicted molar refractivity (Wildman–Crippen MR) is 89.6 cm³/mol. The molecule has 0 aliphatic rings. The number of benzene rings is 2. The van der Waals surface area contributed by atoms with Crippen LogP contribution in [0.1, 0.15) is 18.1 Å². The van der Waals surface area contributed by atoms with E-state index >= 15 is 0 Å². The monoisotopic (exact) mass is 348 g/mol. The van der Waals surface area contributed by atoms with Crippen molar-refractivity contribution in [3.63, 3.8) is 0 Å². The molecule has 5 heteroatoms. The minimum atomic E-state index is -0.344. The van der Waals surface area contributed by atoms with Crippen molar-refractivity contribution in [1.29, 1.82) is 0 Å². The summed E-state index contributed by atoms with van der Waals surface area (Å²) < 4.78 is 0. The Bertz CT molecular complexity index is 658. The molecule has 0 fully saturated rings. The number of alkyl halides is 1. The third kappa shape index (κ3) is 3.42. The number of hydrogen-bond donors (Lipinski definition) is 0. The fourth-order valence-corrected chi connectivity index (χ4v) is 2.78. The summed E-state index contributed by atoms with van der Waals surface area (Å²) in [5.74, 6) is 0. The van der Waals surface area contributed by atoms with Gasteiger partial charge in [-0.15, -0.1) is 0 Å². The molecule has 0 aliphatic carbocycles. The minimum absolute atomic E-state index is 0.149. The molecule has 110 valence electrons. The van der Waals surface area contributed by atoms with Crippen molar-refractivity contribution in [3.8, 4) is 0 Å². The Morgan fingerprint density at radius 3 is 2.48 bits per heavy atom. The standard InChI is InChI=1S/C16H17BrN2O2/c1-3-18(14-6-4-5-12(2)9-14)15-7-8-16(19(20)21)13(10-15)11-17/h4-10H,3,11H2,1-2H3. The number of nitro groups is 1. The molecule has 2 aromatic carbocycles. The van der Waals surface area contributed by atoms with Crippen LogP contribution in [0.15, 0.2) is 42.5 Å². The zero-order valence-corrected chi connectivity index (χ0v) is 13.6. The molecule has 2 aromatic rings. The van der Waals surface area contributed by atoms with Gasteiger partial charge in [-0.3, -0.25) is 10.1 Å². The maximum absolute atomic E-state index is 11.0. The lowest BCUT2D eigenvalue weighted by Crippen LogP contribution is -2.16. The van der Waals surface area contributed by atoms with Gasteiger partial charge < -0.3 is 4.90 Å². The first-order valence-corrected chi connectivity index (χ1v) is 7.86. The Kier molecular flexibility index (Phi) is 4.96. The van der Waals surface area contributed by atoms with Crippen LogP contribution < -0.4 is 4.90 Å². The average Bonchev–Trinajstić information content (AvgIpc) is 2.47. The van der Waals surface area contributed by atoms with Gasteiger partial charge in [-0.1, -0.05) is 28.1 Å². The molecular formula is C16H17BrN2O2. The quantitative estimate of drug-likeness (QED) is 0.436. The fraction of sp³-hybridized carbons (Fsp3) is 0.250. The van der Waals surface area contributed by atoms with Gasteiger partial charge in [0.2, 0.25) is 0 Å². The molecule has 4 nitrogen and oxygen atoms in total. The molecule has 0 unspecified atom stereocenters. The molecule has 21 heavy (non-hydrogen) atoms. The van der Waals surface area contributed by atoms with Crippen LogP contribution in [0, 0.1) is 17.0 Å². The first-order chi connectivity index (χ1) is 10.1. The van der Waals surface area contributed by atoms with Crippen LogP contribution in [-0.4, -0.2) is 11.5 Å². The largest absolute Gasteiger partial charge is 0.342 e. The Labute approximate surface area is 132 Å². The van der Waals surface area contributed by atoms with Crippen molar-refractivity contribution in [2.75, 3.05) is 11.4 Å². The van der Waals surface area contributed by atoms with E-state index in [0.29, 0.717) is 10.9 Å². The van der Waals surface area contributed by atoms with Gasteiger partial charge in [-0.05, 0) is 43.7 Å². The first-order valence-electron chi connectivity index (χ1n) is 6.74. The molecule has 0 aliphatic heterocycles. The van der Waals surface area contributed by atoms with Gasteiger partial charge in [-0.25, -0.2) is 0 Å². The topological polar surface area (TPSA) is 46.4 Å². The molecule has 0 saturated carbocycles. The highest BCUT2D eigenvalue weighted by atomic mass is 79.9. The van der Waals surface area contributed by atoms with E-state index in [-0.39, 0.29) is 10.6 Å². The Morgan fingerprint density at radius 1 is 1.19 bits per heavy atom. The maximum Gasteiger partial charge on any atom is 0.273 e. The van der Waals surface area contributed by atoms with Crippen LogP contribution in [-0.2, 0) is 5.33 Å². The predicted octanol–water partition coefficient (Wildman–Crippen LogP) is 4.96. The number of anilines is 2. The number of halogens is 1. The maximum atomic E-state index is 11.0. The van der Waals surface area contributed by atoms with E-state index in [1.165, 1.54) is 5.56 Å². The van der Waals surface area contributed by atoms with Crippen molar-refractivity contribution >= 4 is 33.0 Å². The molecule has 0 saturated heterocycles. The second-order valence-corrected chi connectivity index (χ2v) is 5.35. The van der Waals surface area contributed by atoms with Crippen molar-refractivity contribution < 1.29 is 4.92 Å². The third-order valence-corrected chi connectivity index (χ3v) is 3.95. The Balaban J connectivity index is 2.46. The summed E-state index contributed by atoms with van der Waals surface area (Å²) in [6.45, 7) is 4.91. The van der Waals surface area contributed by atoms with Crippen molar-refractivity contribution in [2.45, 2.75) is 19.2 Å². The lowest BCUT2D eigenvalue weighted by atomic mass is 10.1. The lowest BCUT2D eigenvalue weighted by molar-refractivity contribution is -0.385. The van der Waals surface area contributed by atoms with Crippen molar-refractivity contribution in [2.24, 2.45) is 0 Å². The van der Waals surface area contributed by atoms with E-state index < -0.39 is 0 Å². The number of aryl methyl sites for hydroxylation is 1. The van der Waals surface area contributed by atoms with Crippen LogP contribution in [0.5, 0.6) is 0 Å². The molecule has 0 atom stereocenters. The summed E-state index contributed by atoms with van der Waals surface area (Å²) in [6, 6.07) is 13.5. The van der Waals surface area contributed by atoms with Gasteiger partial charge in [0.05, 0.1) is 4.92 Å². The molecule has 0 bridgehead atoms. The van der Waals surface area contributed by atoms with Crippen molar-refractivity contribution in [3.05, 3.63) is 63.7 Å². The summed E-state index contributed by atoms with van der Waals surface area (Å²) in [6.07, 6.45) is 0. The minimum Gasteiger partial charge on any atom is -0.342 e. The Morgan fingerprint density at radius 2 is 1.90 bits per heavy atom. The summed E-state index contributed by atoms with van der Waals surface area (Å²) in [5, 5.41) is 11.5. The third-order valence-electron chi connectivity index (χ3n) is 3.34. The highest BCUT2D eigenvalue weighted by molar-refractivity contribution is 9.08. The molecule has 0 heterocycles. The second kappa shape index (κ2) is 6.72. The van der Waals surface area contributed by atoms with Gasteiger partial charge in [-0.2, -0.15) is 0 Å². The molecule has 0 aromatic heterocycles. The van der Waals surface area contributed by atoms with Gasteiger partial charge >= 0.3 is 0 Å². The molecular weight excluding hydrogens is 332 g/mol. The highest BCUT2D eigenvalue weighted by Crippen LogP contribution is 2.31. The molecule has 2 rings (SSSR count). The number of nitro benzene ring substituents is 1. The van der Waals surface area contributed by atoms with E-state index in [1.807, 2.05) is 18.2 Å². The number of hydrogen-bond acceptors (Lipinski definition) is 3. The molecule has 0 spiro atoms. The van der Waals surface area contributed by atoms with E-state index in [1.54, 1.807) is 12.1 Å². The van der Waals surface area contributed by atoms with Gasteiger partial charge in [0, 0.05) is 34.9 Å². The van der Waals surface area contributed by atoms with Crippen molar-refractivity contribution in [1.82, 2.24) is 0 Å². The lowest BCUT2D eigenvalue weighted by Gasteiger charge is -2.24. The normalized spacial score (nSPS) is 10.4. The van der Waals surface area contributed by atoms with E-state index in [9.17, 15) is 10.1 Å². The first kappa shape index (κ1) is 15.5. The van der Waals surface area contributed by atoms with Gasteiger partial charge in [0.15, 0.2) is 0 Å². The second-order valence-electron chi connectivity index (χ2n) is 4.79. The SMILES string of the molecule is CCN(c1cccc(C)c1)c1ccc([N+](=O)[O-])c(CBr)c1. The molecule has 0 radical (unpaired) electrons. The van der Waals surface area contributed by atoms with Crippen LogP contribution >= 0.6 is 15.9 Å². The summed E-state index contributed by atoms with van der Waals surface area (Å²) in [4.78, 5) is 12.8. The average molecular weight is 349 g/mol. The van der Waals surface area contributed by atoms with Crippen LogP contribution in [0.4, 0.5) is 17.1 Å². The number of nitrogens with zero attached hydrogens (tertiary/aromatic N) is 2. The summed E-state index contributed by atoms with van der Waals surface area (Å²) in [5.41, 5.74) is 4.07. The zero-order chi connectivity index (χ0) is 15.4. The van der Waals surface area contributed by atoms with E-state index in [0.717, 1.165) is 17.9 Å². The zero-order valence-electron chi connectivity index (χ0n) is 12.0. The summed E-state index contributed by atoms with van der Waals surface area (Å²) >= 11 is 3.33. The van der Waals surface area contributed by atoms with E-state index in [2.05, 4.69) is 46.8 Å². The Hall–Kier alpha value is -1.88. The molecule has 0 amide bonds.